The summed E-state index contributed by atoms with van der Waals surface area (Å²) in [6.45, 7) is 3.97. The summed E-state index contributed by atoms with van der Waals surface area (Å²) in [6.07, 6.45) is 5.84. The van der Waals surface area contributed by atoms with E-state index in [1.54, 1.807) is 11.3 Å². The monoisotopic (exact) mass is 346 g/mol. The Morgan fingerprint density at radius 1 is 1.39 bits per heavy atom. The fraction of sp³-hybridized carbons (Fsp3) is 0.438. The number of rotatable bonds is 5. The Balaban J connectivity index is 1.41. The number of carbonyl (C=O) groups excluding carboxylic acids is 1. The molecule has 3 aromatic heterocycles. The summed E-state index contributed by atoms with van der Waals surface area (Å²) in [6, 6.07) is 0. The minimum atomic E-state index is 0.0145. The third kappa shape index (κ3) is 3.03. The molecule has 5 nitrogen and oxygen atoms in total. The molecule has 3 heterocycles. The molecule has 1 aliphatic carbocycles. The second kappa shape index (κ2) is 5.72. The highest BCUT2D eigenvalue weighted by molar-refractivity contribution is 7.16. The van der Waals surface area contributed by atoms with Gasteiger partial charge in [0, 0.05) is 34.5 Å². The molecule has 1 N–H and O–H groups in total. The fourth-order valence-corrected chi connectivity index (χ4v) is 4.30. The highest BCUT2D eigenvalue weighted by atomic mass is 32.1. The number of nitrogens with zero attached hydrogens (tertiary/aromatic N) is 3. The Kier molecular flexibility index (Phi) is 3.69. The molecule has 1 fully saturated rings. The second-order valence-corrected chi connectivity index (χ2v) is 8.07. The highest BCUT2D eigenvalue weighted by Gasteiger charge is 2.26. The molecule has 0 aliphatic heterocycles. The first-order chi connectivity index (χ1) is 11.1. The van der Waals surface area contributed by atoms with Gasteiger partial charge in [-0.2, -0.15) is 0 Å². The number of amides is 1. The summed E-state index contributed by atoms with van der Waals surface area (Å²) in [5, 5.41) is 5.69. The zero-order valence-electron chi connectivity index (χ0n) is 13.1. The van der Waals surface area contributed by atoms with Crippen LogP contribution in [0.15, 0.2) is 11.6 Å². The van der Waals surface area contributed by atoms with Gasteiger partial charge < -0.3 is 5.32 Å². The maximum atomic E-state index is 12.1. The van der Waals surface area contributed by atoms with Crippen LogP contribution in [0.1, 0.15) is 47.1 Å². The van der Waals surface area contributed by atoms with Crippen LogP contribution in [-0.2, 0) is 11.2 Å². The average molecular weight is 346 g/mol. The minimum Gasteiger partial charge on any atom is -0.302 e. The summed E-state index contributed by atoms with van der Waals surface area (Å²) in [4.78, 5) is 23.3. The van der Waals surface area contributed by atoms with Crippen LogP contribution in [0.3, 0.4) is 0 Å². The molecule has 3 aromatic rings. The largest absolute Gasteiger partial charge is 0.302 e. The van der Waals surface area contributed by atoms with Crippen molar-refractivity contribution in [2.45, 2.75) is 45.4 Å². The molecular weight excluding hydrogens is 328 g/mol. The van der Waals surface area contributed by atoms with Gasteiger partial charge in [-0.25, -0.2) is 9.97 Å². The van der Waals surface area contributed by atoms with Crippen LogP contribution in [0.2, 0.25) is 0 Å². The highest BCUT2D eigenvalue weighted by Crippen LogP contribution is 2.40. The number of thiazole rings is 2. The first-order valence-corrected chi connectivity index (χ1v) is 9.49. The quantitative estimate of drug-likeness (QED) is 0.762. The molecule has 0 unspecified atom stereocenters. The van der Waals surface area contributed by atoms with Crippen LogP contribution in [-0.4, -0.2) is 20.3 Å². The Morgan fingerprint density at radius 2 is 2.22 bits per heavy atom. The zero-order valence-corrected chi connectivity index (χ0v) is 14.8. The van der Waals surface area contributed by atoms with Gasteiger partial charge in [0.2, 0.25) is 5.91 Å². The van der Waals surface area contributed by atoms with Gasteiger partial charge in [0.15, 0.2) is 10.1 Å². The van der Waals surface area contributed by atoms with Crippen molar-refractivity contribution in [3.05, 3.63) is 33.5 Å². The molecule has 0 spiro atoms. The van der Waals surface area contributed by atoms with Gasteiger partial charge in [-0.15, -0.1) is 22.7 Å². The smallest absolute Gasteiger partial charge is 0.226 e. The van der Waals surface area contributed by atoms with E-state index in [4.69, 9.17) is 0 Å². The standard InChI is InChI=1S/C16H18N4OS2/c1-9-10(2)23-15(17-9)19-14(21)6-5-12-8-22-16-18-13(7-20(12)16)11-3-4-11/h7-8,11H,3-6H2,1-2H3,(H,17,19,21). The minimum absolute atomic E-state index is 0.0145. The first kappa shape index (κ1) is 14.8. The predicted molar refractivity (Wildman–Crippen MR) is 93.6 cm³/mol. The predicted octanol–water partition coefficient (Wildman–Crippen LogP) is 3.92. The van der Waals surface area contributed by atoms with E-state index in [-0.39, 0.29) is 5.91 Å². The lowest BCUT2D eigenvalue weighted by atomic mass is 10.2. The van der Waals surface area contributed by atoms with Crippen molar-refractivity contribution in [2.24, 2.45) is 0 Å². The molecule has 4 rings (SSSR count). The Hall–Kier alpha value is -1.73. The van der Waals surface area contributed by atoms with Crippen molar-refractivity contribution in [2.75, 3.05) is 5.32 Å². The lowest BCUT2D eigenvalue weighted by Gasteiger charge is -2.01. The maximum Gasteiger partial charge on any atom is 0.226 e. The van der Waals surface area contributed by atoms with E-state index in [9.17, 15) is 4.79 Å². The van der Waals surface area contributed by atoms with Gasteiger partial charge in [-0.1, -0.05) is 0 Å². The molecule has 7 heteroatoms. The van der Waals surface area contributed by atoms with Crippen molar-refractivity contribution >= 4 is 38.7 Å². The first-order valence-electron chi connectivity index (χ1n) is 7.79. The van der Waals surface area contributed by atoms with Gasteiger partial charge in [0.25, 0.3) is 0 Å². The summed E-state index contributed by atoms with van der Waals surface area (Å²) in [7, 11) is 0. The van der Waals surface area contributed by atoms with Crippen LogP contribution in [0.4, 0.5) is 5.13 Å². The Labute approximate surface area is 142 Å². The molecule has 0 aromatic carbocycles. The third-order valence-corrected chi connectivity index (χ3v) is 6.06. The molecule has 0 radical (unpaired) electrons. The van der Waals surface area contributed by atoms with Gasteiger partial charge in [0.05, 0.1) is 11.4 Å². The van der Waals surface area contributed by atoms with Gasteiger partial charge >= 0.3 is 0 Å². The van der Waals surface area contributed by atoms with Crippen molar-refractivity contribution in [1.82, 2.24) is 14.4 Å². The Bertz CT molecular complexity index is 853. The van der Waals surface area contributed by atoms with E-state index in [1.807, 2.05) is 13.8 Å². The number of imidazole rings is 1. The SMILES string of the molecule is Cc1nc(NC(=O)CCc2csc3nc(C4CC4)cn23)sc1C. The lowest BCUT2D eigenvalue weighted by molar-refractivity contribution is -0.116. The molecule has 0 atom stereocenters. The summed E-state index contributed by atoms with van der Waals surface area (Å²) in [5.41, 5.74) is 3.35. The molecule has 120 valence electrons. The van der Waals surface area contributed by atoms with Crippen LogP contribution >= 0.6 is 22.7 Å². The number of carbonyl (C=O) groups is 1. The number of aryl methyl sites for hydroxylation is 3. The number of hydrogen-bond donors (Lipinski definition) is 1. The normalized spacial score (nSPS) is 14.5. The summed E-state index contributed by atoms with van der Waals surface area (Å²) < 4.78 is 2.14. The number of fused-ring (bicyclic) bond motifs is 1. The number of anilines is 1. The van der Waals surface area contributed by atoms with Crippen LogP contribution in [0.5, 0.6) is 0 Å². The lowest BCUT2D eigenvalue weighted by Crippen LogP contribution is -2.12. The molecule has 0 saturated heterocycles. The van der Waals surface area contributed by atoms with E-state index in [0.717, 1.165) is 27.6 Å². The van der Waals surface area contributed by atoms with Crippen molar-refractivity contribution in [3.8, 4) is 0 Å². The van der Waals surface area contributed by atoms with Gasteiger partial charge in [-0.05, 0) is 33.1 Å². The second-order valence-electron chi connectivity index (χ2n) is 6.03. The van der Waals surface area contributed by atoms with E-state index in [2.05, 4.69) is 31.3 Å². The molecule has 1 saturated carbocycles. The van der Waals surface area contributed by atoms with E-state index >= 15 is 0 Å². The number of nitrogens with one attached hydrogen (secondary N) is 1. The molecule has 0 bridgehead atoms. The molecular formula is C16H18N4OS2. The third-order valence-electron chi connectivity index (χ3n) is 4.18. The zero-order chi connectivity index (χ0) is 16.0. The van der Waals surface area contributed by atoms with Crippen molar-refractivity contribution < 1.29 is 4.79 Å². The van der Waals surface area contributed by atoms with Crippen molar-refractivity contribution in [1.29, 1.82) is 0 Å². The van der Waals surface area contributed by atoms with E-state index in [1.165, 1.54) is 29.9 Å². The summed E-state index contributed by atoms with van der Waals surface area (Å²) >= 11 is 3.18. The molecule has 23 heavy (non-hydrogen) atoms. The fourth-order valence-electron chi connectivity index (χ4n) is 2.55. The average Bonchev–Trinajstić information content (AvgIpc) is 3.05. The van der Waals surface area contributed by atoms with Crippen molar-refractivity contribution in [3.63, 3.8) is 0 Å². The topological polar surface area (TPSA) is 59.3 Å². The number of aromatic nitrogens is 3. The number of hydrogen-bond acceptors (Lipinski definition) is 5. The van der Waals surface area contributed by atoms with E-state index in [0.29, 0.717) is 17.5 Å². The van der Waals surface area contributed by atoms with Crippen LogP contribution in [0, 0.1) is 13.8 Å². The van der Waals surface area contributed by atoms with Crippen LogP contribution in [0.25, 0.3) is 4.96 Å². The maximum absolute atomic E-state index is 12.1. The molecule has 1 amide bonds. The van der Waals surface area contributed by atoms with Gasteiger partial charge in [-0.3, -0.25) is 9.20 Å². The summed E-state index contributed by atoms with van der Waals surface area (Å²) in [5.74, 6) is 0.676. The molecule has 1 aliphatic rings. The Morgan fingerprint density at radius 3 is 2.91 bits per heavy atom. The van der Waals surface area contributed by atoms with Gasteiger partial charge in [0.1, 0.15) is 0 Å². The van der Waals surface area contributed by atoms with E-state index < -0.39 is 0 Å². The van der Waals surface area contributed by atoms with Crippen LogP contribution < -0.4 is 5.32 Å².